The lowest BCUT2D eigenvalue weighted by Crippen LogP contribution is -2.21. The number of ketones is 1. The standard InChI is InChI=1S/C16H23BrO3/c1-16(2,3)20-12-11-19-10-4-5-15(18)13-6-8-14(17)9-7-13/h6-9H,4-5,10-12H2,1-3H3. The van der Waals surface area contributed by atoms with Crippen molar-refractivity contribution in [3.05, 3.63) is 34.3 Å². The second-order valence-corrected chi connectivity index (χ2v) is 6.52. The van der Waals surface area contributed by atoms with E-state index in [0.29, 0.717) is 26.2 Å². The zero-order chi connectivity index (χ0) is 15.0. The van der Waals surface area contributed by atoms with Crippen molar-refractivity contribution >= 4 is 21.7 Å². The van der Waals surface area contributed by atoms with E-state index in [-0.39, 0.29) is 11.4 Å². The molecule has 0 unspecified atom stereocenters. The monoisotopic (exact) mass is 342 g/mol. The molecule has 1 aromatic rings. The van der Waals surface area contributed by atoms with Gasteiger partial charge in [-0.3, -0.25) is 4.79 Å². The summed E-state index contributed by atoms with van der Waals surface area (Å²) in [5, 5.41) is 0. The number of halogens is 1. The topological polar surface area (TPSA) is 35.5 Å². The van der Waals surface area contributed by atoms with E-state index in [2.05, 4.69) is 15.9 Å². The third-order valence-electron chi connectivity index (χ3n) is 2.62. The number of hydrogen-bond acceptors (Lipinski definition) is 3. The molecule has 0 saturated carbocycles. The van der Waals surface area contributed by atoms with Crippen molar-refractivity contribution in [3.8, 4) is 0 Å². The van der Waals surface area contributed by atoms with E-state index in [1.54, 1.807) is 0 Å². The SMILES string of the molecule is CC(C)(C)OCCOCCCC(=O)c1ccc(Br)cc1. The zero-order valence-electron chi connectivity index (χ0n) is 12.4. The molecule has 0 aromatic heterocycles. The molecule has 0 N–H and O–H groups in total. The predicted molar refractivity (Wildman–Crippen MR) is 84.2 cm³/mol. The molecule has 0 fully saturated rings. The van der Waals surface area contributed by atoms with E-state index in [9.17, 15) is 4.79 Å². The Kier molecular flexibility index (Phi) is 7.41. The summed E-state index contributed by atoms with van der Waals surface area (Å²) in [6, 6.07) is 7.44. The van der Waals surface area contributed by atoms with Crippen molar-refractivity contribution in [2.75, 3.05) is 19.8 Å². The molecule has 20 heavy (non-hydrogen) atoms. The van der Waals surface area contributed by atoms with Crippen LogP contribution in [0, 0.1) is 0 Å². The van der Waals surface area contributed by atoms with Crippen LogP contribution in [0.2, 0.25) is 0 Å². The molecule has 0 aliphatic carbocycles. The summed E-state index contributed by atoms with van der Waals surface area (Å²) < 4.78 is 12.0. The Morgan fingerprint density at radius 2 is 1.75 bits per heavy atom. The van der Waals surface area contributed by atoms with Crippen LogP contribution >= 0.6 is 15.9 Å². The molecule has 3 nitrogen and oxygen atoms in total. The smallest absolute Gasteiger partial charge is 0.162 e. The molecule has 112 valence electrons. The largest absolute Gasteiger partial charge is 0.379 e. The third kappa shape index (κ3) is 7.78. The van der Waals surface area contributed by atoms with Crippen LogP contribution in [0.15, 0.2) is 28.7 Å². The normalized spacial score (nSPS) is 11.6. The van der Waals surface area contributed by atoms with Gasteiger partial charge in [0.05, 0.1) is 18.8 Å². The fourth-order valence-corrected chi connectivity index (χ4v) is 1.89. The molecule has 0 amide bonds. The Morgan fingerprint density at radius 1 is 1.10 bits per heavy atom. The van der Waals surface area contributed by atoms with E-state index >= 15 is 0 Å². The summed E-state index contributed by atoms with van der Waals surface area (Å²) in [6.45, 7) is 7.81. The van der Waals surface area contributed by atoms with Crippen LogP contribution in [-0.2, 0) is 9.47 Å². The first-order valence-corrected chi connectivity index (χ1v) is 7.68. The average Bonchev–Trinajstić information content (AvgIpc) is 2.37. The minimum Gasteiger partial charge on any atom is -0.379 e. The van der Waals surface area contributed by atoms with Gasteiger partial charge in [-0.05, 0) is 39.3 Å². The zero-order valence-corrected chi connectivity index (χ0v) is 14.0. The highest BCUT2D eigenvalue weighted by molar-refractivity contribution is 9.10. The van der Waals surface area contributed by atoms with Gasteiger partial charge in [0.2, 0.25) is 0 Å². The number of benzene rings is 1. The van der Waals surface area contributed by atoms with E-state index < -0.39 is 0 Å². The maximum absolute atomic E-state index is 11.9. The number of hydrogen-bond donors (Lipinski definition) is 0. The molecular formula is C16H23BrO3. The van der Waals surface area contributed by atoms with Crippen molar-refractivity contribution in [2.45, 2.75) is 39.2 Å². The highest BCUT2D eigenvalue weighted by Crippen LogP contribution is 2.12. The van der Waals surface area contributed by atoms with Gasteiger partial charge in [-0.1, -0.05) is 28.1 Å². The first-order chi connectivity index (χ1) is 9.38. The fourth-order valence-electron chi connectivity index (χ4n) is 1.62. The highest BCUT2D eigenvalue weighted by Gasteiger charge is 2.09. The van der Waals surface area contributed by atoms with Crippen LogP contribution < -0.4 is 0 Å². The number of ether oxygens (including phenoxy) is 2. The maximum atomic E-state index is 11.9. The van der Waals surface area contributed by atoms with Gasteiger partial charge in [-0.25, -0.2) is 0 Å². The summed E-state index contributed by atoms with van der Waals surface area (Å²) in [6.07, 6.45) is 1.26. The lowest BCUT2D eigenvalue weighted by molar-refractivity contribution is -0.0350. The van der Waals surface area contributed by atoms with Crippen molar-refractivity contribution in [1.29, 1.82) is 0 Å². The van der Waals surface area contributed by atoms with E-state index in [1.165, 1.54) is 0 Å². The Hall–Kier alpha value is -0.710. The number of rotatable bonds is 8. The molecule has 0 aliphatic rings. The molecule has 0 saturated heterocycles. The quantitative estimate of drug-likeness (QED) is 0.523. The Labute approximate surface area is 129 Å². The lowest BCUT2D eigenvalue weighted by atomic mass is 10.1. The van der Waals surface area contributed by atoms with Crippen molar-refractivity contribution in [3.63, 3.8) is 0 Å². The molecule has 0 bridgehead atoms. The van der Waals surface area contributed by atoms with Crippen molar-refractivity contribution in [1.82, 2.24) is 0 Å². The first kappa shape index (κ1) is 17.3. The maximum Gasteiger partial charge on any atom is 0.162 e. The minimum atomic E-state index is -0.124. The minimum absolute atomic E-state index is 0.124. The van der Waals surface area contributed by atoms with Gasteiger partial charge in [0.1, 0.15) is 0 Å². The highest BCUT2D eigenvalue weighted by atomic mass is 79.9. The van der Waals surface area contributed by atoms with Crippen LogP contribution in [-0.4, -0.2) is 31.2 Å². The van der Waals surface area contributed by atoms with Gasteiger partial charge in [0, 0.05) is 23.1 Å². The Bertz CT molecular complexity index is 407. The first-order valence-electron chi connectivity index (χ1n) is 6.89. The van der Waals surface area contributed by atoms with E-state index in [4.69, 9.17) is 9.47 Å². The Morgan fingerprint density at radius 3 is 2.35 bits per heavy atom. The fraction of sp³-hybridized carbons (Fsp3) is 0.562. The molecule has 0 radical (unpaired) electrons. The van der Waals surface area contributed by atoms with Crippen LogP contribution in [0.1, 0.15) is 44.0 Å². The molecule has 0 atom stereocenters. The molecular weight excluding hydrogens is 320 g/mol. The predicted octanol–water partition coefficient (Wildman–Crippen LogP) is 4.24. The van der Waals surface area contributed by atoms with E-state index in [0.717, 1.165) is 16.5 Å². The Balaban J connectivity index is 2.09. The average molecular weight is 343 g/mol. The molecule has 1 aromatic carbocycles. The second-order valence-electron chi connectivity index (χ2n) is 5.61. The molecule has 1 rings (SSSR count). The third-order valence-corrected chi connectivity index (χ3v) is 3.15. The van der Waals surface area contributed by atoms with Crippen molar-refractivity contribution in [2.24, 2.45) is 0 Å². The van der Waals surface area contributed by atoms with Gasteiger partial charge >= 0.3 is 0 Å². The molecule has 4 heteroatoms. The van der Waals surface area contributed by atoms with Gasteiger partial charge in [0.25, 0.3) is 0 Å². The van der Waals surface area contributed by atoms with Gasteiger partial charge < -0.3 is 9.47 Å². The van der Waals surface area contributed by atoms with Gasteiger partial charge in [-0.15, -0.1) is 0 Å². The summed E-state index contributed by atoms with van der Waals surface area (Å²) in [5.41, 5.74) is 0.630. The number of carbonyl (C=O) groups excluding carboxylic acids is 1. The van der Waals surface area contributed by atoms with Crippen LogP contribution in [0.3, 0.4) is 0 Å². The van der Waals surface area contributed by atoms with E-state index in [1.807, 2.05) is 45.0 Å². The van der Waals surface area contributed by atoms with Crippen LogP contribution in [0.25, 0.3) is 0 Å². The molecule has 0 aliphatic heterocycles. The van der Waals surface area contributed by atoms with Gasteiger partial charge in [-0.2, -0.15) is 0 Å². The summed E-state index contributed by atoms with van der Waals surface area (Å²) in [5.74, 6) is 0.159. The molecule has 0 heterocycles. The van der Waals surface area contributed by atoms with Crippen LogP contribution in [0.5, 0.6) is 0 Å². The summed E-state index contributed by atoms with van der Waals surface area (Å²) in [7, 11) is 0. The number of Topliss-reactive ketones (excluding diaryl/α,β-unsaturated/α-hetero) is 1. The van der Waals surface area contributed by atoms with Crippen molar-refractivity contribution < 1.29 is 14.3 Å². The van der Waals surface area contributed by atoms with Crippen LogP contribution in [0.4, 0.5) is 0 Å². The summed E-state index contributed by atoms with van der Waals surface area (Å²) in [4.78, 5) is 11.9. The summed E-state index contributed by atoms with van der Waals surface area (Å²) >= 11 is 3.35. The lowest BCUT2D eigenvalue weighted by Gasteiger charge is -2.19. The van der Waals surface area contributed by atoms with Gasteiger partial charge in [0.15, 0.2) is 5.78 Å². The number of carbonyl (C=O) groups is 1. The second kappa shape index (κ2) is 8.55. The molecule has 0 spiro atoms.